The number of carbonyl (C=O) groups excluding carboxylic acids is 1. The highest BCUT2D eigenvalue weighted by atomic mass is 16.3. The Bertz CT molecular complexity index is 419. The lowest BCUT2D eigenvalue weighted by molar-refractivity contribution is 0.0755. The molecule has 1 rings (SSSR count). The molecule has 4 nitrogen and oxygen atoms in total. The molecule has 0 spiro atoms. The van der Waals surface area contributed by atoms with Gasteiger partial charge in [0.05, 0.1) is 5.56 Å². The maximum Gasteiger partial charge on any atom is 0.255 e. The molecule has 1 amide bonds. The van der Waals surface area contributed by atoms with Crippen LogP contribution in [-0.2, 0) is 0 Å². The molecule has 4 heteroatoms. The Morgan fingerprint density at radius 2 is 2.11 bits per heavy atom. The molecule has 0 aromatic heterocycles. The summed E-state index contributed by atoms with van der Waals surface area (Å²) >= 11 is 0. The van der Waals surface area contributed by atoms with E-state index in [1.807, 2.05) is 39.0 Å². The van der Waals surface area contributed by atoms with E-state index in [1.54, 1.807) is 4.90 Å². The molecule has 0 aliphatic heterocycles. The van der Waals surface area contributed by atoms with E-state index in [1.165, 1.54) is 0 Å². The fraction of sp³-hybridized carbons (Fsp3) is 0.533. The van der Waals surface area contributed by atoms with Gasteiger partial charge in [0.2, 0.25) is 0 Å². The Hall–Kier alpha value is -1.55. The van der Waals surface area contributed by atoms with Gasteiger partial charge in [-0.15, -0.1) is 0 Å². The number of hydrogen-bond acceptors (Lipinski definition) is 3. The number of hydrogen-bond donors (Lipinski definition) is 2. The number of aliphatic hydroxyl groups excluding tert-OH is 1. The summed E-state index contributed by atoms with van der Waals surface area (Å²) in [5.41, 5.74) is 2.72. The second-order valence-corrected chi connectivity index (χ2v) is 4.54. The van der Waals surface area contributed by atoms with Crippen LogP contribution in [0.15, 0.2) is 18.2 Å². The van der Waals surface area contributed by atoms with Crippen molar-refractivity contribution in [1.29, 1.82) is 0 Å². The smallest absolute Gasteiger partial charge is 0.255 e. The van der Waals surface area contributed by atoms with Crippen LogP contribution in [0.1, 0.15) is 36.2 Å². The van der Waals surface area contributed by atoms with Crippen LogP contribution < -0.4 is 5.32 Å². The second-order valence-electron chi connectivity index (χ2n) is 4.54. The summed E-state index contributed by atoms with van der Waals surface area (Å²) in [7, 11) is 0. The largest absolute Gasteiger partial charge is 0.396 e. The fourth-order valence-electron chi connectivity index (χ4n) is 2.02. The van der Waals surface area contributed by atoms with E-state index in [4.69, 9.17) is 5.11 Å². The topological polar surface area (TPSA) is 52.6 Å². The zero-order valence-corrected chi connectivity index (χ0v) is 12.1. The number of anilines is 1. The number of aliphatic hydroxyl groups is 1. The van der Waals surface area contributed by atoms with E-state index < -0.39 is 0 Å². The third-order valence-corrected chi connectivity index (χ3v) is 3.03. The number of nitrogens with zero attached hydrogens (tertiary/aromatic N) is 1. The maximum atomic E-state index is 12.5. The summed E-state index contributed by atoms with van der Waals surface area (Å²) < 4.78 is 0. The first kappa shape index (κ1) is 15.5. The molecule has 106 valence electrons. The van der Waals surface area contributed by atoms with Gasteiger partial charge in [0.1, 0.15) is 0 Å². The van der Waals surface area contributed by atoms with Crippen molar-refractivity contribution in [3.8, 4) is 0 Å². The van der Waals surface area contributed by atoms with Crippen molar-refractivity contribution in [2.45, 2.75) is 27.2 Å². The van der Waals surface area contributed by atoms with E-state index in [2.05, 4.69) is 5.32 Å². The van der Waals surface area contributed by atoms with Crippen LogP contribution >= 0.6 is 0 Å². The van der Waals surface area contributed by atoms with Gasteiger partial charge in [0.15, 0.2) is 0 Å². The molecular weight excluding hydrogens is 240 g/mol. The number of aryl methyl sites for hydroxylation is 1. The molecule has 0 heterocycles. The van der Waals surface area contributed by atoms with Gasteiger partial charge < -0.3 is 15.3 Å². The zero-order chi connectivity index (χ0) is 14.3. The Morgan fingerprint density at radius 3 is 2.68 bits per heavy atom. The number of rotatable bonds is 7. The van der Waals surface area contributed by atoms with Gasteiger partial charge in [-0.3, -0.25) is 4.79 Å². The fourth-order valence-corrected chi connectivity index (χ4v) is 2.02. The minimum Gasteiger partial charge on any atom is -0.396 e. The molecule has 0 saturated heterocycles. The summed E-state index contributed by atoms with van der Waals surface area (Å²) in [6.07, 6.45) is 0.613. The minimum atomic E-state index is 0.0203. The van der Waals surface area contributed by atoms with Crippen molar-refractivity contribution in [1.82, 2.24) is 4.90 Å². The summed E-state index contributed by atoms with van der Waals surface area (Å²) in [6.45, 7) is 8.11. The lowest BCUT2D eigenvalue weighted by atomic mass is 10.1. The van der Waals surface area contributed by atoms with Gasteiger partial charge >= 0.3 is 0 Å². The lowest BCUT2D eigenvalue weighted by Crippen LogP contribution is -2.32. The van der Waals surface area contributed by atoms with Gasteiger partial charge in [-0.1, -0.05) is 6.07 Å². The number of benzene rings is 1. The van der Waals surface area contributed by atoms with Crippen LogP contribution in [0.25, 0.3) is 0 Å². The van der Waals surface area contributed by atoms with Crippen LogP contribution in [-0.4, -0.2) is 42.2 Å². The van der Waals surface area contributed by atoms with E-state index >= 15 is 0 Å². The first-order chi connectivity index (χ1) is 9.13. The average molecular weight is 264 g/mol. The number of nitrogens with one attached hydrogen (secondary N) is 1. The Labute approximate surface area is 115 Å². The van der Waals surface area contributed by atoms with E-state index in [0.717, 1.165) is 17.8 Å². The Kier molecular flexibility index (Phi) is 6.36. The zero-order valence-electron chi connectivity index (χ0n) is 12.1. The molecule has 19 heavy (non-hydrogen) atoms. The molecular formula is C15H24N2O2. The van der Waals surface area contributed by atoms with Crippen LogP contribution in [0.3, 0.4) is 0 Å². The SMILES string of the molecule is CCNc1cc(C)ccc1C(=O)N(CC)CCCO. The van der Waals surface area contributed by atoms with Crippen molar-refractivity contribution in [3.05, 3.63) is 29.3 Å². The maximum absolute atomic E-state index is 12.5. The molecule has 0 aliphatic rings. The number of amides is 1. The predicted octanol–water partition coefficient (Wildman–Crippen LogP) is 2.27. The molecule has 0 bridgehead atoms. The van der Waals surface area contributed by atoms with Gasteiger partial charge in [0, 0.05) is 31.9 Å². The molecule has 0 atom stereocenters. The predicted molar refractivity (Wildman–Crippen MR) is 78.6 cm³/mol. The van der Waals surface area contributed by atoms with Gasteiger partial charge in [-0.25, -0.2) is 0 Å². The van der Waals surface area contributed by atoms with E-state index in [0.29, 0.717) is 25.1 Å². The first-order valence-corrected chi connectivity index (χ1v) is 6.88. The Morgan fingerprint density at radius 1 is 1.37 bits per heavy atom. The lowest BCUT2D eigenvalue weighted by Gasteiger charge is -2.22. The molecule has 1 aromatic rings. The molecule has 0 aliphatic carbocycles. The minimum absolute atomic E-state index is 0.0203. The van der Waals surface area contributed by atoms with Crippen molar-refractivity contribution in [3.63, 3.8) is 0 Å². The van der Waals surface area contributed by atoms with Crippen molar-refractivity contribution in [2.24, 2.45) is 0 Å². The van der Waals surface area contributed by atoms with E-state index in [-0.39, 0.29) is 12.5 Å². The van der Waals surface area contributed by atoms with Crippen molar-refractivity contribution in [2.75, 3.05) is 31.6 Å². The highest BCUT2D eigenvalue weighted by Gasteiger charge is 2.17. The highest BCUT2D eigenvalue weighted by Crippen LogP contribution is 2.19. The normalized spacial score (nSPS) is 10.3. The van der Waals surface area contributed by atoms with E-state index in [9.17, 15) is 4.79 Å². The van der Waals surface area contributed by atoms with Crippen LogP contribution in [0.2, 0.25) is 0 Å². The molecule has 0 radical (unpaired) electrons. The van der Waals surface area contributed by atoms with Gasteiger partial charge in [0.25, 0.3) is 5.91 Å². The quantitative estimate of drug-likeness (QED) is 0.794. The molecule has 0 saturated carbocycles. The van der Waals surface area contributed by atoms with Crippen LogP contribution in [0.5, 0.6) is 0 Å². The Balaban J connectivity index is 2.96. The summed E-state index contributed by atoms with van der Waals surface area (Å²) in [5, 5.41) is 12.1. The summed E-state index contributed by atoms with van der Waals surface area (Å²) in [6, 6.07) is 5.82. The van der Waals surface area contributed by atoms with Crippen LogP contribution in [0, 0.1) is 6.92 Å². The average Bonchev–Trinajstić information content (AvgIpc) is 2.40. The van der Waals surface area contributed by atoms with Crippen molar-refractivity contribution < 1.29 is 9.90 Å². The van der Waals surface area contributed by atoms with Crippen molar-refractivity contribution >= 4 is 11.6 Å². The standard InChI is InChI=1S/C15H24N2O2/c1-4-16-14-11-12(3)7-8-13(14)15(19)17(5-2)9-6-10-18/h7-8,11,16,18H,4-6,9-10H2,1-3H3. The molecule has 0 fully saturated rings. The summed E-state index contributed by atoms with van der Waals surface area (Å²) in [4.78, 5) is 14.3. The van der Waals surface area contributed by atoms with Crippen LogP contribution in [0.4, 0.5) is 5.69 Å². The number of carbonyl (C=O) groups is 1. The third kappa shape index (κ3) is 4.24. The first-order valence-electron chi connectivity index (χ1n) is 6.88. The molecule has 0 unspecified atom stereocenters. The third-order valence-electron chi connectivity index (χ3n) is 3.03. The van der Waals surface area contributed by atoms with Gasteiger partial charge in [-0.05, 0) is 44.9 Å². The molecule has 2 N–H and O–H groups in total. The monoisotopic (exact) mass is 264 g/mol. The summed E-state index contributed by atoms with van der Waals surface area (Å²) in [5.74, 6) is 0.0203. The second kappa shape index (κ2) is 7.79. The highest BCUT2D eigenvalue weighted by molar-refractivity contribution is 5.99. The molecule has 1 aromatic carbocycles. The van der Waals surface area contributed by atoms with Gasteiger partial charge in [-0.2, -0.15) is 0 Å².